The van der Waals surface area contributed by atoms with E-state index in [4.69, 9.17) is 9.47 Å². The molecule has 184 valence electrons. The Labute approximate surface area is 211 Å². The van der Waals surface area contributed by atoms with Gasteiger partial charge in [-0.2, -0.15) is 0 Å². The largest absolute Gasteiger partial charge is 0.488 e. The first kappa shape index (κ1) is 24.9. The van der Waals surface area contributed by atoms with Gasteiger partial charge in [-0.25, -0.2) is 9.78 Å². The lowest BCUT2D eigenvalue weighted by Gasteiger charge is -2.19. The summed E-state index contributed by atoms with van der Waals surface area (Å²) in [6, 6.07) is 24.6. The molecule has 4 rings (SSSR count). The van der Waals surface area contributed by atoms with Gasteiger partial charge in [0, 0.05) is 18.0 Å². The third kappa shape index (κ3) is 5.89. The highest BCUT2D eigenvalue weighted by Gasteiger charge is 2.15. The van der Waals surface area contributed by atoms with Crippen molar-refractivity contribution in [2.45, 2.75) is 39.3 Å². The molecule has 1 N–H and O–H groups in total. The molecule has 36 heavy (non-hydrogen) atoms. The number of amides is 1. The molecule has 1 heterocycles. The Morgan fingerprint density at radius 2 is 1.56 bits per heavy atom. The molecule has 0 saturated carbocycles. The zero-order valence-corrected chi connectivity index (χ0v) is 21.0. The highest BCUT2D eigenvalue weighted by atomic mass is 16.5. The minimum absolute atomic E-state index is 0.0896. The van der Waals surface area contributed by atoms with Crippen molar-refractivity contribution in [2.24, 2.45) is 0 Å². The summed E-state index contributed by atoms with van der Waals surface area (Å²) in [6.45, 7) is 7.24. The molecule has 0 bridgehead atoms. The van der Waals surface area contributed by atoms with E-state index in [9.17, 15) is 9.59 Å². The first-order chi connectivity index (χ1) is 17.2. The Hall–Kier alpha value is -4.19. The number of fused-ring (bicyclic) bond motifs is 1. The van der Waals surface area contributed by atoms with Crippen molar-refractivity contribution < 1.29 is 19.1 Å². The van der Waals surface area contributed by atoms with Crippen LogP contribution in [0.4, 0.5) is 0 Å². The van der Waals surface area contributed by atoms with Crippen LogP contribution in [0.25, 0.3) is 10.9 Å². The number of esters is 1. The Bertz CT molecular complexity index is 1370. The molecule has 0 spiro atoms. The number of ether oxygens (including phenoxy) is 2. The molecule has 0 atom stereocenters. The van der Waals surface area contributed by atoms with Crippen molar-refractivity contribution in [2.75, 3.05) is 7.11 Å². The van der Waals surface area contributed by atoms with Gasteiger partial charge in [0.1, 0.15) is 18.1 Å². The van der Waals surface area contributed by atoms with E-state index in [1.165, 1.54) is 12.7 Å². The molecular formula is C30H30N2O4. The number of hydrogen-bond acceptors (Lipinski definition) is 5. The van der Waals surface area contributed by atoms with Gasteiger partial charge >= 0.3 is 5.97 Å². The number of nitrogens with one attached hydrogen (secondary N) is 1. The molecule has 0 aliphatic rings. The maximum Gasteiger partial charge on any atom is 0.337 e. The second kappa shape index (κ2) is 10.6. The van der Waals surface area contributed by atoms with Crippen LogP contribution < -0.4 is 10.1 Å². The van der Waals surface area contributed by atoms with Gasteiger partial charge in [-0.15, -0.1) is 0 Å². The molecule has 0 aliphatic carbocycles. The Balaban J connectivity index is 1.49. The van der Waals surface area contributed by atoms with Gasteiger partial charge in [0.05, 0.1) is 18.2 Å². The van der Waals surface area contributed by atoms with Crippen molar-refractivity contribution >= 4 is 22.8 Å². The number of para-hydroxylation sites is 1. The van der Waals surface area contributed by atoms with Crippen molar-refractivity contribution in [1.29, 1.82) is 0 Å². The molecule has 4 aromatic rings. The first-order valence-electron chi connectivity index (χ1n) is 11.8. The fourth-order valence-corrected chi connectivity index (χ4v) is 3.79. The summed E-state index contributed by atoms with van der Waals surface area (Å²) in [6.07, 6.45) is 0. The SMILES string of the molecule is COC(=O)c1ccc(CNC(=O)c2cc(OCc3ccc(C(C)(C)C)cc3)c3ccccc3n2)cc1. The molecule has 3 aromatic carbocycles. The number of pyridine rings is 1. The van der Waals surface area contributed by atoms with Gasteiger partial charge in [-0.1, -0.05) is 69.3 Å². The lowest BCUT2D eigenvalue weighted by molar-refractivity contribution is 0.0600. The van der Waals surface area contributed by atoms with Crippen LogP contribution in [0.2, 0.25) is 0 Å². The monoisotopic (exact) mass is 482 g/mol. The van der Waals surface area contributed by atoms with E-state index in [0.717, 1.165) is 16.5 Å². The summed E-state index contributed by atoms with van der Waals surface area (Å²) in [5.41, 5.74) is 4.67. The van der Waals surface area contributed by atoms with Gasteiger partial charge in [0.2, 0.25) is 0 Å². The number of carbonyl (C=O) groups is 2. The van der Waals surface area contributed by atoms with E-state index < -0.39 is 5.97 Å². The maximum absolute atomic E-state index is 12.9. The lowest BCUT2D eigenvalue weighted by Crippen LogP contribution is -2.24. The predicted octanol–water partition coefficient (Wildman–Crippen LogP) is 5.83. The van der Waals surface area contributed by atoms with Crippen LogP contribution in [0.1, 0.15) is 58.3 Å². The van der Waals surface area contributed by atoms with Gasteiger partial charge in [0.15, 0.2) is 0 Å². The topological polar surface area (TPSA) is 77.5 Å². The number of hydrogen-bond donors (Lipinski definition) is 1. The van der Waals surface area contributed by atoms with Crippen LogP contribution in [-0.2, 0) is 23.3 Å². The molecule has 0 unspecified atom stereocenters. The van der Waals surface area contributed by atoms with Crippen LogP contribution in [0.15, 0.2) is 78.9 Å². The molecule has 6 heteroatoms. The zero-order valence-electron chi connectivity index (χ0n) is 21.0. The maximum atomic E-state index is 12.9. The summed E-state index contributed by atoms with van der Waals surface area (Å²) in [7, 11) is 1.34. The molecule has 0 radical (unpaired) electrons. The summed E-state index contributed by atoms with van der Waals surface area (Å²) in [5.74, 6) is -0.103. The highest BCUT2D eigenvalue weighted by Crippen LogP contribution is 2.27. The summed E-state index contributed by atoms with van der Waals surface area (Å²) in [5, 5.41) is 3.74. The molecule has 6 nitrogen and oxygen atoms in total. The number of rotatable bonds is 7. The van der Waals surface area contributed by atoms with E-state index in [1.54, 1.807) is 30.3 Å². The van der Waals surface area contributed by atoms with Crippen LogP contribution in [-0.4, -0.2) is 24.0 Å². The van der Waals surface area contributed by atoms with E-state index in [2.05, 4.69) is 55.3 Å². The smallest absolute Gasteiger partial charge is 0.337 e. The molecule has 0 aliphatic heterocycles. The number of nitrogens with zero attached hydrogens (tertiary/aromatic N) is 1. The fourth-order valence-electron chi connectivity index (χ4n) is 3.79. The highest BCUT2D eigenvalue weighted by molar-refractivity contribution is 5.97. The second-order valence-corrected chi connectivity index (χ2v) is 9.63. The van der Waals surface area contributed by atoms with Gasteiger partial charge in [-0.05, 0) is 46.4 Å². The summed E-state index contributed by atoms with van der Waals surface area (Å²) < 4.78 is 10.9. The summed E-state index contributed by atoms with van der Waals surface area (Å²) in [4.78, 5) is 29.1. The van der Waals surface area contributed by atoms with Crippen LogP contribution in [0.3, 0.4) is 0 Å². The normalized spacial score (nSPS) is 11.2. The Kier molecular flexibility index (Phi) is 7.34. The minimum atomic E-state index is -0.399. The van der Waals surface area contributed by atoms with Crippen LogP contribution in [0, 0.1) is 0 Å². The Morgan fingerprint density at radius 3 is 2.22 bits per heavy atom. The van der Waals surface area contributed by atoms with Gasteiger partial charge < -0.3 is 14.8 Å². The summed E-state index contributed by atoms with van der Waals surface area (Å²) >= 11 is 0. The number of carbonyl (C=O) groups excluding carboxylic acids is 2. The zero-order chi connectivity index (χ0) is 25.7. The average molecular weight is 483 g/mol. The molecule has 0 fully saturated rings. The number of benzene rings is 3. The first-order valence-corrected chi connectivity index (χ1v) is 11.8. The quantitative estimate of drug-likeness (QED) is 0.336. The second-order valence-electron chi connectivity index (χ2n) is 9.63. The van der Waals surface area contributed by atoms with E-state index in [-0.39, 0.29) is 17.0 Å². The Morgan fingerprint density at radius 1 is 0.889 bits per heavy atom. The third-order valence-corrected chi connectivity index (χ3v) is 5.95. The van der Waals surface area contributed by atoms with Crippen molar-refractivity contribution in [3.8, 4) is 5.75 Å². The predicted molar refractivity (Wildman–Crippen MR) is 140 cm³/mol. The van der Waals surface area contributed by atoms with Gasteiger partial charge in [0.25, 0.3) is 5.91 Å². The molecule has 0 saturated heterocycles. The third-order valence-electron chi connectivity index (χ3n) is 5.95. The standard InChI is InChI=1S/C30H30N2O4/c1-30(2,3)23-15-11-21(12-16-23)19-36-27-17-26(32-25-8-6-5-7-24(25)27)28(33)31-18-20-9-13-22(14-10-20)29(34)35-4/h5-17H,18-19H2,1-4H3,(H,31,33). The number of aromatic nitrogens is 1. The van der Waals surface area contributed by atoms with E-state index in [0.29, 0.717) is 30.0 Å². The van der Waals surface area contributed by atoms with Crippen LogP contribution in [0.5, 0.6) is 5.75 Å². The van der Waals surface area contributed by atoms with Crippen molar-refractivity contribution in [1.82, 2.24) is 10.3 Å². The molecular weight excluding hydrogens is 452 g/mol. The average Bonchev–Trinajstić information content (AvgIpc) is 2.89. The van der Waals surface area contributed by atoms with E-state index >= 15 is 0 Å². The molecule has 1 amide bonds. The van der Waals surface area contributed by atoms with E-state index in [1.807, 2.05) is 24.3 Å². The van der Waals surface area contributed by atoms with Crippen LogP contribution >= 0.6 is 0 Å². The fraction of sp³-hybridized carbons (Fsp3) is 0.233. The van der Waals surface area contributed by atoms with Crippen molar-refractivity contribution in [3.05, 3.63) is 107 Å². The number of methoxy groups -OCH3 is 1. The molecule has 1 aromatic heterocycles. The van der Waals surface area contributed by atoms with Gasteiger partial charge in [-0.3, -0.25) is 4.79 Å². The lowest BCUT2D eigenvalue weighted by atomic mass is 9.87. The van der Waals surface area contributed by atoms with Crippen molar-refractivity contribution in [3.63, 3.8) is 0 Å². The minimum Gasteiger partial charge on any atom is -0.488 e.